The van der Waals surface area contributed by atoms with Crippen LogP contribution in [0.25, 0.3) is 23.0 Å². The Kier molecular flexibility index (Phi) is 9.06. The van der Waals surface area contributed by atoms with Crippen molar-refractivity contribution in [3.05, 3.63) is 51.4 Å². The Morgan fingerprint density at radius 1 is 1.11 bits per heavy atom. The zero-order chi connectivity index (χ0) is 32.7. The number of rotatable bonds is 11. The van der Waals surface area contributed by atoms with E-state index >= 15 is 0 Å². The fourth-order valence-corrected chi connectivity index (χ4v) is 6.03. The topological polar surface area (TPSA) is 198 Å². The van der Waals surface area contributed by atoms with Crippen LogP contribution in [-0.2, 0) is 11.4 Å². The van der Waals surface area contributed by atoms with Crippen LogP contribution in [0.2, 0.25) is 0 Å². The number of nitrogens with zero attached hydrogens (tertiary/aromatic N) is 4. The first kappa shape index (κ1) is 32.6. The summed E-state index contributed by atoms with van der Waals surface area (Å²) in [5.41, 5.74) is 3.62. The van der Waals surface area contributed by atoms with Crippen LogP contribution in [-0.4, -0.2) is 94.4 Å². The standard InChI is InChI=1S/C30H36N4O10S/c1-17(2)12-19-13-21-24(14-23(19)43-3)44-15-22-25(31-34(26(21)22)20-8-11-45-16-20)28(36)33(30(40,41)42)10-5-9-32(29(37,38)39)27(35)18-6-4-7-18/h8,11-14,16,18,37-42H,4-7,9-10,15H2,1-3H3. The summed E-state index contributed by atoms with van der Waals surface area (Å²) in [5.74, 6) is -1.20. The van der Waals surface area contributed by atoms with E-state index in [1.807, 2.05) is 36.7 Å². The molecule has 0 spiro atoms. The molecule has 0 bridgehead atoms. The van der Waals surface area contributed by atoms with Crippen LogP contribution in [0.1, 0.15) is 61.1 Å². The highest BCUT2D eigenvalue weighted by Crippen LogP contribution is 2.44. The molecule has 3 heterocycles. The Morgan fingerprint density at radius 3 is 2.36 bits per heavy atom. The largest absolute Gasteiger partial charge is 0.496 e. The van der Waals surface area contributed by atoms with Crippen LogP contribution in [0.3, 0.4) is 0 Å². The van der Waals surface area contributed by atoms with E-state index in [1.54, 1.807) is 23.9 Å². The van der Waals surface area contributed by atoms with Gasteiger partial charge in [-0.05, 0) is 50.6 Å². The summed E-state index contributed by atoms with van der Waals surface area (Å²) in [6.07, 6.45) is -3.64. The lowest BCUT2D eigenvalue weighted by Crippen LogP contribution is -2.56. The highest BCUT2D eigenvalue weighted by atomic mass is 32.1. The molecule has 1 aliphatic heterocycles. The maximum atomic E-state index is 13.9. The van der Waals surface area contributed by atoms with E-state index < -0.39 is 43.0 Å². The molecule has 3 aromatic rings. The Morgan fingerprint density at radius 2 is 1.80 bits per heavy atom. The quantitative estimate of drug-likeness (QED) is 0.166. The van der Waals surface area contributed by atoms with Gasteiger partial charge in [-0.1, -0.05) is 18.1 Å². The number of ether oxygens (including phenoxy) is 2. The molecule has 6 N–H and O–H groups in total. The predicted molar refractivity (Wildman–Crippen MR) is 161 cm³/mol. The number of hydrogen-bond acceptors (Lipinski definition) is 12. The van der Waals surface area contributed by atoms with Crippen molar-refractivity contribution >= 4 is 29.2 Å². The number of methoxy groups -OCH3 is 1. The Hall–Kier alpha value is -3.83. The van der Waals surface area contributed by atoms with Crippen molar-refractivity contribution in [2.75, 3.05) is 20.2 Å². The number of aromatic nitrogens is 2. The minimum absolute atomic E-state index is 0.118. The van der Waals surface area contributed by atoms with Gasteiger partial charge in [-0.25, -0.2) is 4.68 Å². The molecule has 0 unspecified atom stereocenters. The van der Waals surface area contributed by atoms with Crippen LogP contribution in [0.4, 0.5) is 0 Å². The number of fused-ring (bicyclic) bond motifs is 3. The van der Waals surface area contributed by atoms with Gasteiger partial charge in [0.05, 0.1) is 18.5 Å². The van der Waals surface area contributed by atoms with Gasteiger partial charge in [0.1, 0.15) is 18.1 Å². The lowest BCUT2D eigenvalue weighted by atomic mass is 9.84. The van der Waals surface area contributed by atoms with Gasteiger partial charge in [-0.2, -0.15) is 16.4 Å². The summed E-state index contributed by atoms with van der Waals surface area (Å²) in [5, 5.41) is 68.2. The SMILES string of the molecule is COc1cc2c(cc1C=C(C)C)-c1c(c(C(=O)N(CCCN(C(=O)C3CCC3)C(O)(O)O)C(O)(O)O)nn1-c1ccsc1)CO2. The third-order valence-corrected chi connectivity index (χ3v) is 8.46. The maximum Gasteiger partial charge on any atom is 0.372 e. The lowest BCUT2D eigenvalue weighted by molar-refractivity contribution is -0.385. The molecule has 2 aromatic heterocycles. The number of benzene rings is 1. The normalized spacial score (nSPS) is 14.5. The van der Waals surface area contributed by atoms with Crippen LogP contribution < -0.4 is 9.47 Å². The summed E-state index contributed by atoms with van der Waals surface area (Å²) in [7, 11) is 1.55. The monoisotopic (exact) mass is 644 g/mol. The summed E-state index contributed by atoms with van der Waals surface area (Å²) in [6.45, 7) is 2.71. The average Bonchev–Trinajstić information content (AvgIpc) is 3.58. The fraction of sp³-hybridized carbons (Fsp3) is 0.433. The summed E-state index contributed by atoms with van der Waals surface area (Å²) in [4.78, 5) is 27.3. The number of carbonyl (C=O) groups excluding carboxylic acids is 2. The van der Waals surface area contributed by atoms with Gasteiger partial charge in [-0.15, -0.1) is 0 Å². The average molecular weight is 645 g/mol. The van der Waals surface area contributed by atoms with Crippen molar-refractivity contribution in [2.24, 2.45) is 5.92 Å². The van der Waals surface area contributed by atoms with Crippen LogP contribution in [0.15, 0.2) is 34.5 Å². The van der Waals surface area contributed by atoms with Crippen LogP contribution >= 0.6 is 11.3 Å². The fourth-order valence-electron chi connectivity index (χ4n) is 5.42. The molecule has 14 nitrogen and oxygen atoms in total. The highest BCUT2D eigenvalue weighted by molar-refractivity contribution is 7.08. The molecule has 1 aliphatic carbocycles. The molecular weight excluding hydrogens is 608 g/mol. The van der Waals surface area contributed by atoms with Crippen molar-refractivity contribution in [1.29, 1.82) is 0 Å². The first-order valence-corrected chi connectivity index (χ1v) is 15.3. The van der Waals surface area contributed by atoms with E-state index in [2.05, 4.69) is 5.10 Å². The number of allylic oxidation sites excluding steroid dienone is 1. The summed E-state index contributed by atoms with van der Waals surface area (Å²) in [6, 6.07) is 5.39. The molecule has 2 aliphatic rings. The molecule has 2 amide bonds. The number of amides is 2. The van der Waals surface area contributed by atoms with Crippen LogP contribution in [0.5, 0.6) is 11.5 Å². The van der Waals surface area contributed by atoms with E-state index in [0.29, 0.717) is 56.6 Å². The molecule has 15 heteroatoms. The zero-order valence-electron chi connectivity index (χ0n) is 25.0. The minimum Gasteiger partial charge on any atom is -0.496 e. The Balaban J connectivity index is 1.51. The predicted octanol–water partition coefficient (Wildman–Crippen LogP) is 1.56. The summed E-state index contributed by atoms with van der Waals surface area (Å²) >= 11 is 1.41. The molecule has 1 saturated carbocycles. The van der Waals surface area contributed by atoms with Crippen molar-refractivity contribution in [2.45, 2.75) is 58.3 Å². The molecular formula is C30H36N4O10S. The maximum absolute atomic E-state index is 13.9. The smallest absolute Gasteiger partial charge is 0.372 e. The highest BCUT2D eigenvalue weighted by Gasteiger charge is 2.42. The zero-order valence-corrected chi connectivity index (χ0v) is 25.8. The number of carbonyl (C=O) groups is 2. The van der Waals surface area contributed by atoms with E-state index in [1.165, 1.54) is 11.3 Å². The first-order chi connectivity index (χ1) is 21.2. The molecule has 1 fully saturated rings. The van der Waals surface area contributed by atoms with Gasteiger partial charge in [-0.3, -0.25) is 19.4 Å². The van der Waals surface area contributed by atoms with Gasteiger partial charge < -0.3 is 40.1 Å². The summed E-state index contributed by atoms with van der Waals surface area (Å²) < 4.78 is 13.1. The van der Waals surface area contributed by atoms with E-state index in [9.17, 15) is 40.2 Å². The van der Waals surface area contributed by atoms with E-state index in [0.717, 1.165) is 17.6 Å². The second kappa shape index (κ2) is 12.5. The Bertz CT molecular complexity index is 1600. The van der Waals surface area contributed by atoms with E-state index in [-0.39, 0.29) is 18.7 Å². The van der Waals surface area contributed by atoms with Gasteiger partial charge in [0.15, 0.2) is 5.69 Å². The van der Waals surface area contributed by atoms with Gasteiger partial charge in [0, 0.05) is 47.1 Å². The van der Waals surface area contributed by atoms with Crippen molar-refractivity contribution in [1.82, 2.24) is 19.6 Å². The first-order valence-electron chi connectivity index (χ1n) is 14.3. The number of thiophene rings is 1. The van der Waals surface area contributed by atoms with Crippen molar-refractivity contribution < 1.29 is 49.7 Å². The third-order valence-electron chi connectivity index (χ3n) is 7.79. The molecule has 1 aromatic carbocycles. The second-order valence-corrected chi connectivity index (χ2v) is 12.1. The third kappa shape index (κ3) is 6.60. The number of hydrogen-bond donors (Lipinski definition) is 6. The second-order valence-electron chi connectivity index (χ2n) is 11.3. The molecule has 5 rings (SSSR count). The molecule has 45 heavy (non-hydrogen) atoms. The van der Waals surface area contributed by atoms with Crippen molar-refractivity contribution in [3.8, 4) is 28.4 Å². The van der Waals surface area contributed by atoms with E-state index in [4.69, 9.17) is 9.47 Å². The molecule has 0 atom stereocenters. The molecule has 0 saturated heterocycles. The minimum atomic E-state index is -3.65. The lowest BCUT2D eigenvalue weighted by Gasteiger charge is -2.36. The van der Waals surface area contributed by atoms with Gasteiger partial charge in [0.2, 0.25) is 5.91 Å². The van der Waals surface area contributed by atoms with Gasteiger partial charge >= 0.3 is 12.2 Å². The van der Waals surface area contributed by atoms with Crippen LogP contribution in [0, 0.1) is 5.92 Å². The van der Waals surface area contributed by atoms with Crippen molar-refractivity contribution in [3.63, 3.8) is 0 Å². The number of aliphatic hydroxyl groups is 6. The molecule has 0 radical (unpaired) electrons. The molecule has 242 valence electrons. The Labute approximate surface area is 262 Å². The van der Waals surface area contributed by atoms with Gasteiger partial charge in [0.25, 0.3) is 5.91 Å².